The zero-order valence-corrected chi connectivity index (χ0v) is 65.4. The second-order valence-corrected chi connectivity index (χ2v) is 30.1. The van der Waals surface area contributed by atoms with E-state index < -0.39 is 94.9 Å². The first-order valence-corrected chi connectivity index (χ1v) is 36.4. The minimum absolute atomic E-state index is 0.0778. The second kappa shape index (κ2) is 33.0. The molecular weight excluding hydrogens is 1650 g/mol. The predicted molar refractivity (Wildman–Crippen MR) is 415 cm³/mol. The minimum atomic E-state index is -3.25. The molecule has 0 unspecified atom stereocenters. The molecule has 15 rings (SSSR count). The number of hydrogen-bond acceptors (Lipinski definition) is 12. The lowest BCUT2D eigenvalue weighted by atomic mass is 9.87. The summed E-state index contributed by atoms with van der Waals surface area (Å²) in [6.45, 7) is 4.50. The number of anilines is 1. The number of rotatable bonds is 13. The third-order valence-corrected chi connectivity index (χ3v) is 20.5. The SMILES string of the molecule is C#Cc1ccc(-c2ccc(Cl)c3cnn(C)c23)c([C@@H](CC(=O)OC(C)(C)C)Cc2cc(F)cc(F)c2)n1.C#Cc1ccc(-c2ccc(Cl)c3cnn(C)c23)c([C@@H](N)Cc2cc(F)cc(F)c2)n1.Cn1nc(N)c2c(Cl)ccc(Br)c21.Cn1ncc2c(Cl)ccc(Br)c21.O=C(O)Cn1nc(C(F)F)c2c1C(F)(F)[C@@H]1C[C@H]21. The quantitative estimate of drug-likeness (QED) is 0.0555. The molecule has 13 aromatic rings. The molecular formula is C78H64Br2Cl4F8N14O4. The van der Waals surface area contributed by atoms with Gasteiger partial charge in [0.15, 0.2) is 5.82 Å². The van der Waals surface area contributed by atoms with Crippen LogP contribution in [-0.4, -0.2) is 81.5 Å². The molecule has 0 spiro atoms. The number of carboxylic acids is 1. The molecule has 7 aromatic heterocycles. The van der Waals surface area contributed by atoms with E-state index in [1.807, 2.05) is 63.6 Å². The number of carbonyl (C=O) groups is 2. The number of carbonyl (C=O) groups excluding carboxylic acids is 1. The Kier molecular flexibility index (Phi) is 24.3. The molecule has 1 fully saturated rings. The summed E-state index contributed by atoms with van der Waals surface area (Å²) in [6, 6.07) is 27.9. The zero-order valence-electron chi connectivity index (χ0n) is 59.2. The van der Waals surface area contributed by atoms with E-state index in [0.717, 1.165) is 86.4 Å². The number of aliphatic carboxylic acids is 1. The third-order valence-electron chi connectivity index (χ3n) is 17.9. The third kappa shape index (κ3) is 17.5. The van der Waals surface area contributed by atoms with Gasteiger partial charge < -0.3 is 21.3 Å². The number of benzene rings is 6. The Balaban J connectivity index is 0.000000145. The van der Waals surface area contributed by atoms with Crippen LogP contribution in [0.15, 0.2) is 137 Å². The van der Waals surface area contributed by atoms with Crippen LogP contribution in [0, 0.1) is 53.9 Å². The Hall–Kier alpha value is -9.91. The fourth-order valence-corrected chi connectivity index (χ4v) is 15.4. The summed E-state index contributed by atoms with van der Waals surface area (Å²) < 4.78 is 124. The van der Waals surface area contributed by atoms with Crippen LogP contribution in [0.25, 0.3) is 65.9 Å². The van der Waals surface area contributed by atoms with Gasteiger partial charge >= 0.3 is 11.9 Å². The first kappa shape index (κ1) is 81.1. The van der Waals surface area contributed by atoms with Crippen molar-refractivity contribution in [2.24, 2.45) is 39.8 Å². The standard InChI is InChI=1S/C29H26ClF2N3O2.C23H17ClF2N4.C10H8F4N2O2.C8H7BrClN3.C8H6BrClN2/c1-6-21-7-8-22(23-9-10-25(30)24-16-33-35(5)28(23)24)27(34-21)18(14-26(36)37-29(2,3)4)11-17-12-19(31)15-20(32)13-17;1-3-16-4-5-17(18-6-7-20(24)19-12-28-30(2)23(18)19)22(29-16)21(27)10-13-8-14(25)11-15(26)9-13;11-9(12)7-6-3-1-4(3)10(13,14)8(6)16(15-7)2-5(17)18;1-13-7-4(9)2-3-5(10)6(7)8(11)12-13;1-12-8-5(4-11-12)7(10)3-2-6(8)9/h1,7-10,12-13,15-16,18H,11,14H2,2-5H3;1,4-9,11-12,21H,10,27H2,2H3;3-4,9H,1-2H2,(H,17,18);2-3H,1H3,(H2,11,12);2-4H,1H3/t18-;21-;3-,4+;;/m100../s1. The lowest BCUT2D eigenvalue weighted by molar-refractivity contribution is -0.155. The van der Waals surface area contributed by atoms with Crippen LogP contribution in [-0.2, 0) is 67.8 Å². The highest BCUT2D eigenvalue weighted by Gasteiger charge is 2.67. The van der Waals surface area contributed by atoms with Crippen LogP contribution in [0.5, 0.6) is 0 Å². The van der Waals surface area contributed by atoms with E-state index in [2.05, 4.69) is 74.2 Å². The highest BCUT2D eigenvalue weighted by Crippen LogP contribution is 2.68. The molecule has 6 aromatic carbocycles. The van der Waals surface area contributed by atoms with Gasteiger partial charge in [0, 0.05) is 105 Å². The lowest BCUT2D eigenvalue weighted by Crippen LogP contribution is -2.25. The van der Waals surface area contributed by atoms with Gasteiger partial charge in [-0.15, -0.1) is 12.8 Å². The van der Waals surface area contributed by atoms with Crippen LogP contribution >= 0.6 is 78.3 Å². The molecule has 0 saturated heterocycles. The predicted octanol–water partition coefficient (Wildman–Crippen LogP) is 19.1. The number of ether oxygens (including phenoxy) is 1. The molecule has 568 valence electrons. The Labute approximate surface area is 660 Å². The topological polar surface area (TPSA) is 231 Å². The van der Waals surface area contributed by atoms with Gasteiger partial charge in [-0.1, -0.05) is 70.4 Å². The smallest absolute Gasteiger partial charge is 0.325 e. The van der Waals surface area contributed by atoms with E-state index in [9.17, 15) is 44.7 Å². The number of carboxylic acid groups (broad SMARTS) is 1. The molecule has 0 radical (unpaired) electrons. The number of halogens is 14. The van der Waals surface area contributed by atoms with E-state index in [-0.39, 0.29) is 31.2 Å². The minimum Gasteiger partial charge on any atom is -0.480 e. The van der Waals surface area contributed by atoms with Crippen LogP contribution in [0.3, 0.4) is 0 Å². The van der Waals surface area contributed by atoms with E-state index in [1.165, 1.54) is 24.3 Å². The molecule has 0 bridgehead atoms. The molecule has 5 N–H and O–H groups in total. The maximum Gasteiger partial charge on any atom is 0.325 e. The number of nitrogen functional groups attached to an aromatic ring is 1. The fourth-order valence-electron chi connectivity index (χ4n) is 13.3. The van der Waals surface area contributed by atoms with Crippen molar-refractivity contribution in [1.29, 1.82) is 0 Å². The molecule has 110 heavy (non-hydrogen) atoms. The van der Waals surface area contributed by atoms with Crippen molar-refractivity contribution in [2.75, 3.05) is 5.73 Å². The van der Waals surface area contributed by atoms with Gasteiger partial charge in [-0.3, -0.25) is 33.0 Å². The van der Waals surface area contributed by atoms with Crippen molar-refractivity contribution in [3.8, 4) is 46.9 Å². The molecule has 4 atom stereocenters. The van der Waals surface area contributed by atoms with Gasteiger partial charge in [-0.25, -0.2) is 36.3 Å². The number of nitrogens with zero attached hydrogens (tertiary/aromatic N) is 12. The van der Waals surface area contributed by atoms with Gasteiger partial charge in [-0.2, -0.15) is 34.3 Å². The van der Waals surface area contributed by atoms with Crippen molar-refractivity contribution in [1.82, 2.24) is 58.9 Å². The molecule has 0 aliphatic heterocycles. The molecule has 2 aliphatic carbocycles. The molecule has 1 saturated carbocycles. The Morgan fingerprint density at radius 1 is 0.627 bits per heavy atom. The summed E-state index contributed by atoms with van der Waals surface area (Å²) in [4.78, 5) is 32.8. The van der Waals surface area contributed by atoms with Gasteiger partial charge in [0.2, 0.25) is 0 Å². The molecule has 2 aliphatic rings. The number of esters is 1. The van der Waals surface area contributed by atoms with Gasteiger partial charge in [0.25, 0.3) is 12.3 Å². The number of aryl methyl sites for hydroxylation is 4. The molecule has 32 heteroatoms. The van der Waals surface area contributed by atoms with Crippen molar-refractivity contribution in [2.45, 2.75) is 88.8 Å². The number of aromatic nitrogens is 12. The maximum absolute atomic E-state index is 14.1. The molecule has 7 heterocycles. The second-order valence-electron chi connectivity index (χ2n) is 26.7. The number of nitrogens with two attached hydrogens (primary N) is 2. The maximum atomic E-state index is 14.1. The number of terminal acetylenes is 2. The van der Waals surface area contributed by atoms with E-state index in [1.54, 1.807) is 95.5 Å². The summed E-state index contributed by atoms with van der Waals surface area (Å²) in [7, 11) is 7.35. The van der Waals surface area contributed by atoms with Crippen LogP contribution in [0.4, 0.5) is 40.9 Å². The van der Waals surface area contributed by atoms with Crippen molar-refractivity contribution < 1.29 is 54.6 Å². The van der Waals surface area contributed by atoms with Crippen LogP contribution < -0.4 is 11.5 Å². The Bertz CT molecular complexity index is 5770. The number of hydrogen-bond donors (Lipinski definition) is 3. The van der Waals surface area contributed by atoms with Crippen LogP contribution in [0.2, 0.25) is 20.1 Å². The fraction of sp³-hybridized carbons (Fsp3) is 0.244. The Morgan fingerprint density at radius 3 is 1.55 bits per heavy atom. The summed E-state index contributed by atoms with van der Waals surface area (Å²) in [5.74, 6) is -4.48. The first-order chi connectivity index (χ1) is 52.0. The van der Waals surface area contributed by atoms with Gasteiger partial charge in [0.05, 0.1) is 90.0 Å². The zero-order chi connectivity index (χ0) is 79.9. The summed E-state index contributed by atoms with van der Waals surface area (Å²) in [5.41, 5.74) is 19.2. The summed E-state index contributed by atoms with van der Waals surface area (Å²) in [6.07, 6.45) is 13.8. The van der Waals surface area contributed by atoms with E-state index >= 15 is 0 Å². The largest absolute Gasteiger partial charge is 0.480 e. The average molecular weight is 1720 g/mol. The highest BCUT2D eigenvalue weighted by molar-refractivity contribution is 9.11. The normalized spacial score (nSPS) is 14.4. The Morgan fingerprint density at radius 2 is 1.07 bits per heavy atom. The molecule has 18 nitrogen and oxygen atoms in total. The van der Waals surface area contributed by atoms with Crippen molar-refractivity contribution >= 4 is 140 Å². The lowest BCUT2D eigenvalue weighted by Gasteiger charge is -2.24. The van der Waals surface area contributed by atoms with E-state index in [0.29, 0.717) is 65.0 Å². The summed E-state index contributed by atoms with van der Waals surface area (Å²) in [5, 5.41) is 34.6. The number of pyridine rings is 2. The average Bonchev–Trinajstić information content (AvgIpc) is 1.52. The van der Waals surface area contributed by atoms with Crippen molar-refractivity contribution in [3.05, 3.63) is 231 Å². The highest BCUT2D eigenvalue weighted by atomic mass is 79.9. The van der Waals surface area contributed by atoms with Crippen molar-refractivity contribution in [3.63, 3.8) is 0 Å². The monoisotopic (exact) mass is 1710 g/mol. The number of alkyl halides is 4. The molecule has 0 amide bonds. The summed E-state index contributed by atoms with van der Waals surface area (Å²) >= 11 is 31.6. The van der Waals surface area contributed by atoms with Gasteiger partial charge in [-0.05, 0) is 174 Å². The first-order valence-electron chi connectivity index (χ1n) is 33.3. The van der Waals surface area contributed by atoms with Gasteiger partial charge in [0.1, 0.15) is 58.2 Å². The van der Waals surface area contributed by atoms with E-state index in [4.69, 9.17) is 85.5 Å². The number of fused-ring (bicyclic) bond motifs is 7. The van der Waals surface area contributed by atoms with Crippen LogP contribution in [0.1, 0.15) is 109 Å².